The van der Waals surface area contributed by atoms with Crippen molar-refractivity contribution in [1.82, 2.24) is 5.32 Å². The lowest BCUT2D eigenvalue weighted by atomic mass is 9.80. The predicted molar refractivity (Wildman–Crippen MR) is 56.2 cm³/mol. The van der Waals surface area contributed by atoms with Crippen LogP contribution in [0.4, 0.5) is 0 Å². The van der Waals surface area contributed by atoms with E-state index in [0.717, 1.165) is 6.54 Å². The minimum Gasteiger partial charge on any atom is -0.312 e. The van der Waals surface area contributed by atoms with Crippen molar-refractivity contribution in [1.29, 1.82) is 0 Å². The molecular weight excluding hydrogens is 178 g/mol. The van der Waals surface area contributed by atoms with Gasteiger partial charge in [0.05, 0.1) is 0 Å². The first-order chi connectivity index (χ1) is 6.41. The normalized spacial score (nSPS) is 24.9. The summed E-state index contributed by atoms with van der Waals surface area (Å²) < 4.78 is 0. The molecule has 1 N–H and O–H groups in total. The summed E-state index contributed by atoms with van der Waals surface area (Å²) in [5, 5.41) is 5.83. The molecule has 1 aliphatic carbocycles. The Morgan fingerprint density at radius 3 is 3.00 bits per heavy atom. The third-order valence-corrected chi connectivity index (χ3v) is 4.77. The molecule has 1 fully saturated rings. The molecule has 0 amide bonds. The van der Waals surface area contributed by atoms with E-state index in [9.17, 15) is 0 Å². The first kappa shape index (κ1) is 8.01. The molecule has 0 saturated heterocycles. The zero-order chi connectivity index (χ0) is 8.73. The van der Waals surface area contributed by atoms with Crippen LogP contribution in [0.5, 0.6) is 0 Å². The van der Waals surface area contributed by atoms with Gasteiger partial charge in [0.15, 0.2) is 0 Å². The molecule has 2 heteroatoms. The van der Waals surface area contributed by atoms with Crippen molar-refractivity contribution >= 4 is 11.3 Å². The third kappa shape index (κ3) is 1.09. The molecule has 0 bridgehead atoms. The van der Waals surface area contributed by atoms with Gasteiger partial charge in [-0.15, -0.1) is 11.3 Å². The summed E-state index contributed by atoms with van der Waals surface area (Å²) in [5.74, 6) is 0. The molecular formula is C11H15NS. The molecule has 1 spiro atoms. The lowest BCUT2D eigenvalue weighted by Crippen LogP contribution is -2.39. The van der Waals surface area contributed by atoms with E-state index in [1.165, 1.54) is 32.2 Å². The third-order valence-electron chi connectivity index (χ3n) is 3.57. The molecule has 0 aromatic carbocycles. The van der Waals surface area contributed by atoms with Crippen LogP contribution in [-0.4, -0.2) is 6.54 Å². The molecule has 13 heavy (non-hydrogen) atoms. The van der Waals surface area contributed by atoms with E-state index in [2.05, 4.69) is 16.8 Å². The van der Waals surface area contributed by atoms with Crippen LogP contribution in [0.1, 0.15) is 36.1 Å². The maximum atomic E-state index is 3.57. The monoisotopic (exact) mass is 193 g/mol. The average Bonchev–Trinajstić information content (AvgIpc) is 2.74. The quantitative estimate of drug-likeness (QED) is 0.668. The van der Waals surface area contributed by atoms with Crippen molar-refractivity contribution in [3.05, 3.63) is 21.9 Å². The van der Waals surface area contributed by atoms with Crippen molar-refractivity contribution in [2.24, 2.45) is 0 Å². The first-order valence-electron chi connectivity index (χ1n) is 5.18. The van der Waals surface area contributed by atoms with Crippen LogP contribution in [0.25, 0.3) is 0 Å². The van der Waals surface area contributed by atoms with Gasteiger partial charge in [0.25, 0.3) is 0 Å². The summed E-state index contributed by atoms with van der Waals surface area (Å²) >= 11 is 1.98. The molecule has 2 aliphatic rings. The van der Waals surface area contributed by atoms with E-state index in [4.69, 9.17) is 0 Å². The van der Waals surface area contributed by atoms with Gasteiger partial charge in [0, 0.05) is 23.4 Å². The Morgan fingerprint density at radius 1 is 1.31 bits per heavy atom. The highest BCUT2D eigenvalue weighted by atomic mass is 32.1. The molecule has 0 unspecified atom stereocenters. The molecule has 0 atom stereocenters. The molecule has 1 nitrogen and oxygen atoms in total. The topological polar surface area (TPSA) is 12.0 Å². The Morgan fingerprint density at radius 2 is 2.15 bits per heavy atom. The summed E-state index contributed by atoms with van der Waals surface area (Å²) in [4.78, 5) is 1.70. The summed E-state index contributed by atoms with van der Waals surface area (Å²) in [7, 11) is 0. The summed E-state index contributed by atoms with van der Waals surface area (Å²) in [6.07, 6.45) is 5.68. The minimum absolute atomic E-state index is 0.543. The standard InChI is InChI=1S/C11H15NS/c1-2-5-11(4-1)8-12-7-9-3-6-13-10(9)11/h3,6,12H,1-2,4-5,7-8H2. The molecule has 70 valence electrons. The number of rotatable bonds is 0. The van der Waals surface area contributed by atoms with Gasteiger partial charge in [0.2, 0.25) is 0 Å². The lowest BCUT2D eigenvalue weighted by molar-refractivity contribution is 0.386. The maximum absolute atomic E-state index is 3.57. The SMILES string of the molecule is c1cc2c(s1)C1(CCCC1)CNC2. The Hall–Kier alpha value is -0.340. The van der Waals surface area contributed by atoms with Crippen molar-refractivity contribution < 1.29 is 0 Å². The Kier molecular flexibility index (Phi) is 1.74. The van der Waals surface area contributed by atoms with Crippen LogP contribution < -0.4 is 5.32 Å². The second-order valence-corrected chi connectivity index (χ2v) is 5.28. The van der Waals surface area contributed by atoms with Gasteiger partial charge < -0.3 is 5.32 Å². The van der Waals surface area contributed by atoms with Gasteiger partial charge in [-0.05, 0) is 29.9 Å². The van der Waals surface area contributed by atoms with Gasteiger partial charge in [-0.2, -0.15) is 0 Å². The molecule has 1 aromatic rings. The first-order valence-corrected chi connectivity index (χ1v) is 6.06. The second-order valence-electron chi connectivity index (χ2n) is 4.37. The van der Waals surface area contributed by atoms with E-state index >= 15 is 0 Å². The highest BCUT2D eigenvalue weighted by molar-refractivity contribution is 7.10. The number of hydrogen-bond donors (Lipinski definition) is 1. The Bertz CT molecular complexity index is 310. The van der Waals surface area contributed by atoms with Gasteiger partial charge in [-0.3, -0.25) is 0 Å². The van der Waals surface area contributed by atoms with E-state index in [-0.39, 0.29) is 0 Å². The van der Waals surface area contributed by atoms with E-state index < -0.39 is 0 Å². The zero-order valence-electron chi connectivity index (χ0n) is 7.81. The van der Waals surface area contributed by atoms with Crippen LogP contribution in [0.15, 0.2) is 11.4 Å². The van der Waals surface area contributed by atoms with Gasteiger partial charge >= 0.3 is 0 Å². The van der Waals surface area contributed by atoms with Gasteiger partial charge in [-0.25, -0.2) is 0 Å². The number of fused-ring (bicyclic) bond motifs is 2. The highest BCUT2D eigenvalue weighted by Gasteiger charge is 2.39. The highest BCUT2D eigenvalue weighted by Crippen LogP contribution is 2.45. The van der Waals surface area contributed by atoms with Gasteiger partial charge in [-0.1, -0.05) is 12.8 Å². The fourth-order valence-corrected chi connectivity index (χ4v) is 4.10. The maximum Gasteiger partial charge on any atom is 0.0217 e. The van der Waals surface area contributed by atoms with Gasteiger partial charge in [0.1, 0.15) is 0 Å². The number of thiophene rings is 1. The molecule has 1 aliphatic heterocycles. The summed E-state index contributed by atoms with van der Waals surface area (Å²) in [6.45, 7) is 2.32. The van der Waals surface area contributed by atoms with E-state index in [1.54, 1.807) is 10.4 Å². The zero-order valence-corrected chi connectivity index (χ0v) is 8.62. The number of hydrogen-bond acceptors (Lipinski definition) is 2. The second kappa shape index (κ2) is 2.82. The molecule has 1 saturated carbocycles. The fraction of sp³-hybridized carbons (Fsp3) is 0.636. The minimum atomic E-state index is 0.543. The van der Waals surface area contributed by atoms with Crippen molar-refractivity contribution in [2.45, 2.75) is 37.6 Å². The Balaban J connectivity index is 2.08. The molecule has 2 heterocycles. The van der Waals surface area contributed by atoms with Crippen LogP contribution in [0.3, 0.4) is 0 Å². The molecule has 0 radical (unpaired) electrons. The Labute approximate surface area is 83.2 Å². The van der Waals surface area contributed by atoms with Crippen LogP contribution in [0, 0.1) is 0 Å². The van der Waals surface area contributed by atoms with E-state index in [0.29, 0.717) is 5.41 Å². The van der Waals surface area contributed by atoms with Crippen LogP contribution in [-0.2, 0) is 12.0 Å². The van der Waals surface area contributed by atoms with Crippen molar-refractivity contribution in [2.75, 3.05) is 6.54 Å². The van der Waals surface area contributed by atoms with Crippen LogP contribution >= 0.6 is 11.3 Å². The van der Waals surface area contributed by atoms with E-state index in [1.807, 2.05) is 11.3 Å². The average molecular weight is 193 g/mol. The number of nitrogens with one attached hydrogen (secondary N) is 1. The van der Waals surface area contributed by atoms with Crippen molar-refractivity contribution in [3.63, 3.8) is 0 Å². The lowest BCUT2D eigenvalue weighted by Gasteiger charge is -2.33. The molecule has 1 aromatic heterocycles. The fourth-order valence-electron chi connectivity index (χ4n) is 2.91. The largest absolute Gasteiger partial charge is 0.312 e. The van der Waals surface area contributed by atoms with Crippen molar-refractivity contribution in [3.8, 4) is 0 Å². The summed E-state index contributed by atoms with van der Waals surface area (Å²) in [5.41, 5.74) is 2.11. The van der Waals surface area contributed by atoms with Crippen LogP contribution in [0.2, 0.25) is 0 Å². The summed E-state index contributed by atoms with van der Waals surface area (Å²) in [6, 6.07) is 2.30. The smallest absolute Gasteiger partial charge is 0.0217 e. The predicted octanol–water partition coefficient (Wildman–Crippen LogP) is 2.66. The molecule has 3 rings (SSSR count).